The second kappa shape index (κ2) is 7.30. The maximum absolute atomic E-state index is 12.7. The first-order valence-corrected chi connectivity index (χ1v) is 9.22. The fourth-order valence-electron chi connectivity index (χ4n) is 3.39. The molecule has 0 bridgehead atoms. The van der Waals surface area contributed by atoms with Crippen molar-refractivity contribution in [2.45, 2.75) is 6.92 Å². The molecule has 1 aliphatic heterocycles. The van der Waals surface area contributed by atoms with Crippen LogP contribution in [-0.2, 0) is 7.05 Å². The Bertz CT molecular complexity index is 1050. The van der Waals surface area contributed by atoms with Crippen molar-refractivity contribution in [3.63, 3.8) is 0 Å². The van der Waals surface area contributed by atoms with E-state index in [4.69, 9.17) is 0 Å². The Hall–Kier alpha value is -3.42. The molecule has 0 unspecified atom stereocenters. The standard InChI is InChI=1S/C20H22N6O2/c1-15-21-17(24-8-3-4-9-24)14-18(22-15)25-10-12-26(13-11-25)20(28)16-6-5-7-23(2)19(16)27/h3-9,14H,10-13H2,1-2H3. The molecule has 3 aromatic rings. The number of carbonyl (C=O) groups excluding carboxylic acids is 1. The maximum atomic E-state index is 12.7. The number of carbonyl (C=O) groups is 1. The number of pyridine rings is 1. The van der Waals surface area contributed by atoms with E-state index >= 15 is 0 Å². The maximum Gasteiger partial charge on any atom is 0.263 e. The van der Waals surface area contributed by atoms with E-state index in [1.54, 1.807) is 30.3 Å². The average Bonchev–Trinajstić information content (AvgIpc) is 3.24. The number of anilines is 1. The van der Waals surface area contributed by atoms with E-state index in [1.807, 2.05) is 42.1 Å². The van der Waals surface area contributed by atoms with Gasteiger partial charge in [-0.05, 0) is 31.2 Å². The molecular weight excluding hydrogens is 356 g/mol. The zero-order chi connectivity index (χ0) is 19.7. The molecule has 8 heteroatoms. The van der Waals surface area contributed by atoms with Gasteiger partial charge >= 0.3 is 0 Å². The van der Waals surface area contributed by atoms with E-state index in [-0.39, 0.29) is 17.0 Å². The molecule has 0 N–H and O–H groups in total. The van der Waals surface area contributed by atoms with Crippen LogP contribution in [0, 0.1) is 6.92 Å². The molecular formula is C20H22N6O2. The molecule has 4 rings (SSSR count). The third-order valence-corrected chi connectivity index (χ3v) is 4.92. The van der Waals surface area contributed by atoms with E-state index in [9.17, 15) is 9.59 Å². The summed E-state index contributed by atoms with van der Waals surface area (Å²) in [6.45, 7) is 4.26. The Morgan fingerprint density at radius 3 is 2.36 bits per heavy atom. The van der Waals surface area contributed by atoms with Gasteiger partial charge in [0.1, 0.15) is 23.0 Å². The molecule has 0 radical (unpaired) electrons. The lowest BCUT2D eigenvalue weighted by atomic mass is 10.2. The second-order valence-corrected chi connectivity index (χ2v) is 6.84. The van der Waals surface area contributed by atoms with E-state index < -0.39 is 0 Å². The fraction of sp³-hybridized carbons (Fsp3) is 0.300. The van der Waals surface area contributed by atoms with Crippen molar-refractivity contribution < 1.29 is 4.79 Å². The summed E-state index contributed by atoms with van der Waals surface area (Å²) in [4.78, 5) is 37.9. The SMILES string of the molecule is Cc1nc(N2CCN(C(=O)c3cccn(C)c3=O)CC2)cc(-n2cccc2)n1. The normalized spacial score (nSPS) is 14.4. The minimum atomic E-state index is -0.266. The van der Waals surface area contributed by atoms with Crippen LogP contribution >= 0.6 is 0 Å². The summed E-state index contributed by atoms with van der Waals surface area (Å²) in [7, 11) is 1.65. The van der Waals surface area contributed by atoms with Crippen molar-refractivity contribution in [2.75, 3.05) is 31.1 Å². The van der Waals surface area contributed by atoms with Gasteiger partial charge in [-0.2, -0.15) is 0 Å². The fourth-order valence-corrected chi connectivity index (χ4v) is 3.39. The molecule has 0 spiro atoms. The summed E-state index contributed by atoms with van der Waals surface area (Å²) in [5, 5.41) is 0. The van der Waals surface area contributed by atoms with Gasteiger partial charge < -0.3 is 18.9 Å². The zero-order valence-electron chi connectivity index (χ0n) is 15.9. The second-order valence-electron chi connectivity index (χ2n) is 6.84. The van der Waals surface area contributed by atoms with Crippen molar-refractivity contribution in [1.82, 2.24) is 24.0 Å². The molecule has 1 fully saturated rings. The van der Waals surface area contributed by atoms with Crippen molar-refractivity contribution in [3.05, 3.63) is 70.7 Å². The summed E-state index contributed by atoms with van der Waals surface area (Å²) >= 11 is 0. The minimum Gasteiger partial charge on any atom is -0.353 e. The summed E-state index contributed by atoms with van der Waals surface area (Å²) in [5.74, 6) is 2.15. The third kappa shape index (κ3) is 3.40. The average molecular weight is 378 g/mol. The first-order chi connectivity index (χ1) is 13.5. The highest BCUT2D eigenvalue weighted by Gasteiger charge is 2.25. The van der Waals surface area contributed by atoms with Crippen LogP contribution in [0.15, 0.2) is 53.7 Å². The molecule has 3 aromatic heterocycles. The Balaban J connectivity index is 1.49. The van der Waals surface area contributed by atoms with E-state index in [0.29, 0.717) is 32.0 Å². The first kappa shape index (κ1) is 18.0. The van der Waals surface area contributed by atoms with Gasteiger partial charge in [0.15, 0.2) is 0 Å². The van der Waals surface area contributed by atoms with Crippen molar-refractivity contribution in [2.24, 2.45) is 7.05 Å². The Kier molecular flexibility index (Phi) is 4.68. The van der Waals surface area contributed by atoms with E-state index in [2.05, 4.69) is 14.9 Å². The lowest BCUT2D eigenvalue weighted by molar-refractivity contribution is 0.0744. The highest BCUT2D eigenvalue weighted by Crippen LogP contribution is 2.18. The minimum absolute atomic E-state index is 0.214. The van der Waals surface area contributed by atoms with Gasteiger partial charge in [-0.3, -0.25) is 9.59 Å². The molecule has 1 saturated heterocycles. The molecule has 0 aromatic carbocycles. The zero-order valence-corrected chi connectivity index (χ0v) is 15.9. The Morgan fingerprint density at radius 2 is 1.64 bits per heavy atom. The molecule has 0 saturated carbocycles. The number of hydrogen-bond donors (Lipinski definition) is 0. The van der Waals surface area contributed by atoms with Crippen LogP contribution in [0.3, 0.4) is 0 Å². The van der Waals surface area contributed by atoms with Gasteiger partial charge in [0.25, 0.3) is 11.5 Å². The molecule has 0 atom stereocenters. The van der Waals surface area contributed by atoms with Crippen molar-refractivity contribution >= 4 is 11.7 Å². The van der Waals surface area contributed by atoms with Crippen LogP contribution in [0.5, 0.6) is 0 Å². The summed E-state index contributed by atoms with van der Waals surface area (Å²) < 4.78 is 3.37. The van der Waals surface area contributed by atoms with Crippen molar-refractivity contribution in [3.8, 4) is 5.82 Å². The number of nitrogens with zero attached hydrogens (tertiary/aromatic N) is 6. The lowest BCUT2D eigenvalue weighted by Gasteiger charge is -2.35. The van der Waals surface area contributed by atoms with Gasteiger partial charge in [0, 0.05) is 57.9 Å². The third-order valence-electron chi connectivity index (χ3n) is 4.92. The van der Waals surface area contributed by atoms with Gasteiger partial charge in [-0.1, -0.05) is 0 Å². The van der Waals surface area contributed by atoms with Crippen LogP contribution in [0.25, 0.3) is 5.82 Å². The van der Waals surface area contributed by atoms with Gasteiger partial charge in [-0.25, -0.2) is 9.97 Å². The van der Waals surface area contributed by atoms with Crippen LogP contribution in [0.4, 0.5) is 5.82 Å². The van der Waals surface area contributed by atoms with Crippen LogP contribution in [0.2, 0.25) is 0 Å². The molecule has 4 heterocycles. The lowest BCUT2D eigenvalue weighted by Crippen LogP contribution is -2.50. The topological polar surface area (TPSA) is 76.3 Å². The predicted octanol–water partition coefficient (Wildman–Crippen LogP) is 1.24. The van der Waals surface area contributed by atoms with Gasteiger partial charge in [0.05, 0.1) is 0 Å². The quantitative estimate of drug-likeness (QED) is 0.685. The summed E-state index contributed by atoms with van der Waals surface area (Å²) in [5.41, 5.74) is -0.0519. The molecule has 28 heavy (non-hydrogen) atoms. The van der Waals surface area contributed by atoms with E-state index in [0.717, 1.165) is 11.6 Å². The molecule has 144 valence electrons. The Morgan fingerprint density at radius 1 is 0.964 bits per heavy atom. The Labute approximate surface area is 162 Å². The van der Waals surface area contributed by atoms with E-state index in [1.165, 1.54) is 4.57 Å². The van der Waals surface area contributed by atoms with Crippen LogP contribution < -0.4 is 10.5 Å². The summed E-state index contributed by atoms with van der Waals surface area (Å²) in [6, 6.07) is 9.17. The predicted molar refractivity (Wildman–Crippen MR) is 106 cm³/mol. The number of aryl methyl sites for hydroxylation is 2. The highest BCUT2D eigenvalue weighted by atomic mass is 16.2. The number of piperazine rings is 1. The number of hydrogen-bond acceptors (Lipinski definition) is 5. The number of amides is 1. The first-order valence-electron chi connectivity index (χ1n) is 9.22. The van der Waals surface area contributed by atoms with Crippen molar-refractivity contribution in [1.29, 1.82) is 0 Å². The van der Waals surface area contributed by atoms with Gasteiger partial charge in [0.2, 0.25) is 0 Å². The summed E-state index contributed by atoms with van der Waals surface area (Å²) in [6.07, 6.45) is 5.54. The van der Waals surface area contributed by atoms with Crippen LogP contribution in [-0.4, -0.2) is 56.1 Å². The molecule has 8 nitrogen and oxygen atoms in total. The van der Waals surface area contributed by atoms with Crippen LogP contribution in [0.1, 0.15) is 16.2 Å². The smallest absolute Gasteiger partial charge is 0.263 e. The largest absolute Gasteiger partial charge is 0.353 e. The molecule has 1 amide bonds. The monoisotopic (exact) mass is 378 g/mol. The van der Waals surface area contributed by atoms with Gasteiger partial charge in [-0.15, -0.1) is 0 Å². The highest BCUT2D eigenvalue weighted by molar-refractivity contribution is 5.94. The number of rotatable bonds is 3. The molecule has 0 aliphatic carbocycles. The number of aromatic nitrogens is 4. The molecule has 1 aliphatic rings.